The first kappa shape index (κ1) is 23.4. The van der Waals surface area contributed by atoms with Gasteiger partial charge in [0, 0.05) is 18.8 Å². The highest BCUT2D eigenvalue weighted by Crippen LogP contribution is 2.46. The number of benzene rings is 2. The van der Waals surface area contributed by atoms with Crippen LogP contribution in [-0.2, 0) is 0 Å². The number of nitrogens with zero attached hydrogens (tertiary/aromatic N) is 2. The summed E-state index contributed by atoms with van der Waals surface area (Å²) < 4.78 is 6.04. The second-order valence-electron chi connectivity index (χ2n) is 9.47. The van der Waals surface area contributed by atoms with Crippen molar-refractivity contribution >= 4 is 50.6 Å². The molecule has 1 saturated heterocycles. The molecule has 8 nitrogen and oxygen atoms in total. The van der Waals surface area contributed by atoms with E-state index in [1.54, 1.807) is 11.1 Å². The van der Waals surface area contributed by atoms with Gasteiger partial charge in [-0.15, -0.1) is 11.3 Å². The summed E-state index contributed by atoms with van der Waals surface area (Å²) in [4.78, 5) is 34.0. The average Bonchev–Trinajstić information content (AvgIpc) is 3.25. The van der Waals surface area contributed by atoms with E-state index >= 15 is 0 Å². The zero-order valence-corrected chi connectivity index (χ0v) is 21.4. The van der Waals surface area contributed by atoms with Gasteiger partial charge in [-0.25, -0.2) is 9.78 Å². The van der Waals surface area contributed by atoms with Crippen molar-refractivity contribution in [2.45, 2.75) is 32.7 Å². The summed E-state index contributed by atoms with van der Waals surface area (Å²) in [6.45, 7) is 5.69. The standard InChI is InChI=1S/C28H27N5O3S/c1-16-5-3-7-19(13-16)36-20-8-9-21(17(2)14-20)33-22-10-12-30-27-23(22)24(32-28(33)35)25(37-27)26(34)31-18-6-4-11-29-15-18/h3,5,7-10,12-14,18,29H,4,6,11,15H2,1-2H3,(H,31,34)(H,32,35). The van der Waals surface area contributed by atoms with E-state index in [4.69, 9.17) is 4.74 Å². The Hall–Kier alpha value is -3.95. The monoisotopic (exact) mass is 513 g/mol. The van der Waals surface area contributed by atoms with E-state index in [1.165, 1.54) is 11.3 Å². The van der Waals surface area contributed by atoms with Crippen LogP contribution in [0.25, 0.3) is 10.2 Å². The van der Waals surface area contributed by atoms with Crippen LogP contribution >= 0.6 is 11.3 Å². The first-order valence-electron chi connectivity index (χ1n) is 12.4. The normalized spacial score (nSPS) is 17.0. The lowest BCUT2D eigenvalue weighted by atomic mass is 10.1. The lowest BCUT2D eigenvalue weighted by Gasteiger charge is -2.30. The summed E-state index contributed by atoms with van der Waals surface area (Å²) in [7, 11) is 0. The molecule has 2 aliphatic rings. The van der Waals surface area contributed by atoms with Gasteiger partial charge in [0.05, 0.1) is 22.4 Å². The molecule has 3 N–H and O–H groups in total. The number of nitrogens with one attached hydrogen (secondary N) is 3. The van der Waals surface area contributed by atoms with Crippen molar-refractivity contribution in [3.05, 3.63) is 70.7 Å². The molecule has 4 heterocycles. The molecule has 2 aromatic heterocycles. The smallest absolute Gasteiger partial charge is 0.331 e. The highest BCUT2D eigenvalue weighted by Gasteiger charge is 2.33. The van der Waals surface area contributed by atoms with Gasteiger partial charge in [-0.2, -0.15) is 0 Å². The first-order chi connectivity index (χ1) is 18.0. The molecule has 6 rings (SSSR count). The van der Waals surface area contributed by atoms with Crippen molar-refractivity contribution in [3.63, 3.8) is 0 Å². The third kappa shape index (κ3) is 4.41. The molecular weight excluding hydrogens is 486 g/mol. The number of aromatic nitrogens is 1. The molecule has 0 radical (unpaired) electrons. The largest absolute Gasteiger partial charge is 0.457 e. The first-order valence-corrected chi connectivity index (χ1v) is 13.2. The maximum atomic E-state index is 13.5. The average molecular weight is 514 g/mol. The minimum absolute atomic E-state index is 0.0741. The number of aryl methyl sites for hydroxylation is 2. The van der Waals surface area contributed by atoms with E-state index in [9.17, 15) is 9.59 Å². The number of piperidine rings is 1. The Morgan fingerprint density at radius 2 is 2.00 bits per heavy atom. The Morgan fingerprint density at radius 3 is 2.78 bits per heavy atom. The minimum atomic E-state index is -0.317. The van der Waals surface area contributed by atoms with Crippen molar-refractivity contribution in [2.24, 2.45) is 0 Å². The number of carbonyl (C=O) groups is 2. The molecule has 37 heavy (non-hydrogen) atoms. The number of rotatable bonds is 5. The van der Waals surface area contributed by atoms with Gasteiger partial charge in [0.2, 0.25) is 0 Å². The molecule has 1 unspecified atom stereocenters. The highest BCUT2D eigenvalue weighted by molar-refractivity contribution is 7.21. The number of hydrogen-bond acceptors (Lipinski definition) is 6. The Morgan fingerprint density at radius 1 is 1.14 bits per heavy atom. The second kappa shape index (κ2) is 9.49. The van der Waals surface area contributed by atoms with Gasteiger partial charge in [0.15, 0.2) is 0 Å². The van der Waals surface area contributed by atoms with Crippen LogP contribution in [0.2, 0.25) is 0 Å². The van der Waals surface area contributed by atoms with E-state index in [2.05, 4.69) is 20.9 Å². The van der Waals surface area contributed by atoms with Crippen LogP contribution in [0.15, 0.2) is 54.7 Å². The summed E-state index contributed by atoms with van der Waals surface area (Å²) in [6.07, 6.45) is 3.64. The van der Waals surface area contributed by atoms with Gasteiger partial charge < -0.3 is 20.7 Å². The SMILES string of the molecule is Cc1cccc(Oc2ccc(N3C(=O)Nc4c(C(=O)NC5CCCNC5)sc5nccc3c45)c(C)c2)c1. The molecule has 3 amide bonds. The summed E-state index contributed by atoms with van der Waals surface area (Å²) >= 11 is 1.30. The molecular formula is C28H27N5O3S. The molecule has 4 aromatic rings. The molecule has 2 aromatic carbocycles. The summed E-state index contributed by atoms with van der Waals surface area (Å²) in [5, 5.41) is 10.2. The van der Waals surface area contributed by atoms with Crippen LogP contribution in [0.3, 0.4) is 0 Å². The van der Waals surface area contributed by atoms with Crippen molar-refractivity contribution in [1.29, 1.82) is 0 Å². The maximum absolute atomic E-state index is 13.5. The van der Waals surface area contributed by atoms with Crippen LogP contribution < -0.4 is 25.6 Å². The van der Waals surface area contributed by atoms with Crippen LogP contribution in [0.4, 0.5) is 21.9 Å². The van der Waals surface area contributed by atoms with Crippen LogP contribution in [0.5, 0.6) is 11.5 Å². The van der Waals surface area contributed by atoms with Gasteiger partial charge >= 0.3 is 6.03 Å². The van der Waals surface area contributed by atoms with E-state index in [0.29, 0.717) is 26.8 Å². The predicted octanol–water partition coefficient (Wildman–Crippen LogP) is 5.87. The highest BCUT2D eigenvalue weighted by atomic mass is 32.1. The fraction of sp³-hybridized carbons (Fsp3) is 0.250. The van der Waals surface area contributed by atoms with Gasteiger partial charge in [-0.3, -0.25) is 9.69 Å². The number of ether oxygens (including phenoxy) is 1. The number of amides is 3. The van der Waals surface area contributed by atoms with Crippen molar-refractivity contribution < 1.29 is 14.3 Å². The molecule has 188 valence electrons. The zero-order chi connectivity index (χ0) is 25.5. The van der Waals surface area contributed by atoms with E-state index in [-0.39, 0.29) is 18.0 Å². The van der Waals surface area contributed by atoms with Gasteiger partial charge in [0.25, 0.3) is 5.91 Å². The Labute approximate surface area is 218 Å². The van der Waals surface area contributed by atoms with Crippen molar-refractivity contribution in [3.8, 4) is 11.5 Å². The lowest BCUT2D eigenvalue weighted by Crippen LogP contribution is -2.45. The number of thiophene rings is 1. The molecule has 0 bridgehead atoms. The number of urea groups is 1. The molecule has 0 saturated carbocycles. The van der Waals surface area contributed by atoms with Gasteiger partial charge in [0.1, 0.15) is 21.2 Å². The summed E-state index contributed by atoms with van der Waals surface area (Å²) in [5.74, 6) is 1.27. The minimum Gasteiger partial charge on any atom is -0.457 e. The fourth-order valence-corrected chi connectivity index (χ4v) is 5.99. The topological polar surface area (TPSA) is 95.6 Å². The molecule has 0 spiro atoms. The van der Waals surface area contributed by atoms with Crippen LogP contribution in [0, 0.1) is 13.8 Å². The molecule has 1 fully saturated rings. The number of pyridine rings is 1. The molecule has 2 aliphatic heterocycles. The maximum Gasteiger partial charge on any atom is 0.331 e. The quantitative estimate of drug-likeness (QED) is 0.310. The van der Waals surface area contributed by atoms with Crippen LogP contribution in [-0.4, -0.2) is 36.1 Å². The Kier molecular flexibility index (Phi) is 6.02. The molecule has 1 atom stereocenters. The summed E-state index contributed by atoms with van der Waals surface area (Å²) in [6, 6.07) is 15.1. The van der Waals surface area contributed by atoms with Crippen molar-refractivity contribution in [1.82, 2.24) is 15.6 Å². The van der Waals surface area contributed by atoms with E-state index in [0.717, 1.165) is 53.9 Å². The fourth-order valence-electron chi connectivity index (χ4n) is 4.97. The lowest BCUT2D eigenvalue weighted by molar-refractivity contribution is 0.0935. The predicted molar refractivity (Wildman–Crippen MR) is 147 cm³/mol. The number of anilines is 3. The van der Waals surface area contributed by atoms with E-state index < -0.39 is 0 Å². The van der Waals surface area contributed by atoms with E-state index in [1.807, 2.05) is 62.4 Å². The molecule has 0 aliphatic carbocycles. The van der Waals surface area contributed by atoms with Gasteiger partial charge in [-0.1, -0.05) is 12.1 Å². The second-order valence-corrected chi connectivity index (χ2v) is 10.5. The Balaban J connectivity index is 1.33. The van der Waals surface area contributed by atoms with Crippen molar-refractivity contribution in [2.75, 3.05) is 23.3 Å². The summed E-state index contributed by atoms with van der Waals surface area (Å²) in [5.41, 5.74) is 3.97. The third-order valence-corrected chi connectivity index (χ3v) is 7.82. The van der Waals surface area contributed by atoms with Gasteiger partial charge in [-0.05, 0) is 80.8 Å². The zero-order valence-electron chi connectivity index (χ0n) is 20.6. The van der Waals surface area contributed by atoms with Crippen LogP contribution in [0.1, 0.15) is 33.6 Å². The number of carbonyl (C=O) groups excluding carboxylic acids is 2. The molecule has 9 heteroatoms. The Bertz CT molecular complexity index is 1530. The third-order valence-electron chi connectivity index (χ3n) is 6.72. The number of hydrogen-bond donors (Lipinski definition) is 3.